The Morgan fingerprint density at radius 1 is 1.50 bits per heavy atom. The molecule has 0 amide bonds. The molecule has 1 aliphatic rings. The topological polar surface area (TPSA) is 62.0 Å². The zero-order valence-electron chi connectivity index (χ0n) is 10.8. The molecular weight excluding hydrogens is 228 g/mol. The van der Waals surface area contributed by atoms with Crippen LogP contribution in [0.15, 0.2) is 12.4 Å². The number of rotatable bonds is 6. The van der Waals surface area contributed by atoms with E-state index < -0.39 is 0 Å². The highest BCUT2D eigenvalue weighted by atomic mass is 16.5. The molecule has 0 saturated heterocycles. The van der Waals surface area contributed by atoms with Crippen LogP contribution in [0.3, 0.4) is 0 Å². The van der Waals surface area contributed by atoms with Gasteiger partial charge in [-0.1, -0.05) is 0 Å². The third kappa shape index (κ3) is 2.96. The SMILES string of the molecule is COCCN(c1cnc(C#N)cn1)C(C)C1CC1. The lowest BCUT2D eigenvalue weighted by molar-refractivity contribution is 0.202. The molecule has 1 fully saturated rings. The molecule has 96 valence electrons. The van der Waals surface area contributed by atoms with Crippen LogP contribution in [0, 0.1) is 17.2 Å². The van der Waals surface area contributed by atoms with E-state index in [0.717, 1.165) is 18.3 Å². The van der Waals surface area contributed by atoms with Crippen LogP contribution in [-0.4, -0.2) is 36.3 Å². The Kier molecular flexibility index (Phi) is 4.11. The van der Waals surface area contributed by atoms with Gasteiger partial charge in [-0.3, -0.25) is 0 Å². The molecule has 5 heteroatoms. The van der Waals surface area contributed by atoms with Crippen molar-refractivity contribution >= 4 is 5.82 Å². The van der Waals surface area contributed by atoms with E-state index in [1.54, 1.807) is 13.3 Å². The lowest BCUT2D eigenvalue weighted by Crippen LogP contribution is -2.38. The lowest BCUT2D eigenvalue weighted by atomic mass is 10.2. The molecular formula is C13H18N4O. The first-order valence-electron chi connectivity index (χ1n) is 6.24. The van der Waals surface area contributed by atoms with Gasteiger partial charge in [0.1, 0.15) is 11.9 Å². The van der Waals surface area contributed by atoms with Gasteiger partial charge >= 0.3 is 0 Å². The summed E-state index contributed by atoms with van der Waals surface area (Å²) in [6, 6.07) is 2.43. The van der Waals surface area contributed by atoms with E-state index in [9.17, 15) is 0 Å². The molecule has 1 saturated carbocycles. The Bertz CT molecular complexity index is 422. The molecule has 2 rings (SSSR count). The third-order valence-electron chi connectivity index (χ3n) is 3.38. The van der Waals surface area contributed by atoms with E-state index in [4.69, 9.17) is 10.00 Å². The molecule has 0 spiro atoms. The van der Waals surface area contributed by atoms with Crippen LogP contribution in [-0.2, 0) is 4.74 Å². The molecule has 1 aromatic heterocycles. The summed E-state index contributed by atoms with van der Waals surface area (Å²) in [6.07, 6.45) is 5.77. The smallest absolute Gasteiger partial charge is 0.158 e. The summed E-state index contributed by atoms with van der Waals surface area (Å²) in [5, 5.41) is 8.73. The number of hydrogen-bond donors (Lipinski definition) is 0. The molecule has 5 nitrogen and oxygen atoms in total. The van der Waals surface area contributed by atoms with E-state index in [0.29, 0.717) is 18.3 Å². The van der Waals surface area contributed by atoms with E-state index in [-0.39, 0.29) is 0 Å². The Morgan fingerprint density at radius 2 is 2.28 bits per heavy atom. The molecule has 0 aliphatic heterocycles. The summed E-state index contributed by atoms with van der Waals surface area (Å²) < 4.78 is 5.15. The standard InChI is InChI=1S/C13H18N4O/c1-10(11-3-4-11)17(5-6-18-2)13-9-15-12(7-14)8-16-13/h8-11H,3-6H2,1-2H3. The average Bonchev–Trinajstić information content (AvgIpc) is 3.24. The molecule has 0 radical (unpaired) electrons. The van der Waals surface area contributed by atoms with Crippen molar-refractivity contribution in [1.82, 2.24) is 9.97 Å². The van der Waals surface area contributed by atoms with Gasteiger partial charge in [-0.25, -0.2) is 9.97 Å². The summed E-state index contributed by atoms with van der Waals surface area (Å²) >= 11 is 0. The minimum Gasteiger partial charge on any atom is -0.383 e. The molecule has 0 N–H and O–H groups in total. The second-order valence-electron chi connectivity index (χ2n) is 4.64. The van der Waals surface area contributed by atoms with Crippen molar-refractivity contribution in [3.05, 3.63) is 18.1 Å². The van der Waals surface area contributed by atoms with Crippen LogP contribution in [0.4, 0.5) is 5.82 Å². The second-order valence-corrected chi connectivity index (χ2v) is 4.64. The van der Waals surface area contributed by atoms with Gasteiger partial charge < -0.3 is 9.64 Å². The van der Waals surface area contributed by atoms with E-state index in [1.165, 1.54) is 19.0 Å². The van der Waals surface area contributed by atoms with Crippen LogP contribution >= 0.6 is 0 Å². The minimum absolute atomic E-state index is 0.351. The highest BCUT2D eigenvalue weighted by molar-refractivity contribution is 5.39. The predicted octanol–water partition coefficient (Wildman–Crippen LogP) is 1.60. The van der Waals surface area contributed by atoms with E-state index >= 15 is 0 Å². The lowest BCUT2D eigenvalue weighted by Gasteiger charge is -2.29. The minimum atomic E-state index is 0.351. The van der Waals surface area contributed by atoms with Crippen molar-refractivity contribution in [2.45, 2.75) is 25.8 Å². The van der Waals surface area contributed by atoms with Crippen LogP contribution in [0.25, 0.3) is 0 Å². The number of nitrogens with zero attached hydrogens (tertiary/aromatic N) is 4. The number of nitriles is 1. The van der Waals surface area contributed by atoms with Gasteiger partial charge in [0.25, 0.3) is 0 Å². The zero-order chi connectivity index (χ0) is 13.0. The molecule has 1 unspecified atom stereocenters. The molecule has 0 aromatic carbocycles. The summed E-state index contributed by atoms with van der Waals surface area (Å²) in [4.78, 5) is 10.6. The Hall–Kier alpha value is -1.67. The number of hydrogen-bond acceptors (Lipinski definition) is 5. The van der Waals surface area contributed by atoms with Gasteiger partial charge in [0.2, 0.25) is 0 Å². The normalized spacial score (nSPS) is 16.1. The first-order chi connectivity index (χ1) is 8.76. The summed E-state index contributed by atoms with van der Waals surface area (Å²) in [5.74, 6) is 1.57. The van der Waals surface area contributed by atoms with Crippen molar-refractivity contribution in [2.75, 3.05) is 25.2 Å². The largest absolute Gasteiger partial charge is 0.383 e. The van der Waals surface area contributed by atoms with Gasteiger partial charge in [0, 0.05) is 19.7 Å². The van der Waals surface area contributed by atoms with Crippen LogP contribution in [0.5, 0.6) is 0 Å². The van der Waals surface area contributed by atoms with Gasteiger partial charge in [0.15, 0.2) is 5.69 Å². The summed E-state index contributed by atoms with van der Waals surface area (Å²) in [7, 11) is 1.70. The van der Waals surface area contributed by atoms with Crippen LogP contribution in [0.1, 0.15) is 25.5 Å². The summed E-state index contributed by atoms with van der Waals surface area (Å²) in [5.41, 5.74) is 0.351. The van der Waals surface area contributed by atoms with Crippen molar-refractivity contribution in [3.63, 3.8) is 0 Å². The predicted molar refractivity (Wildman–Crippen MR) is 68.2 cm³/mol. The highest BCUT2D eigenvalue weighted by Gasteiger charge is 2.32. The number of aromatic nitrogens is 2. The van der Waals surface area contributed by atoms with Crippen molar-refractivity contribution < 1.29 is 4.74 Å². The van der Waals surface area contributed by atoms with Gasteiger partial charge in [-0.15, -0.1) is 0 Å². The number of anilines is 1. The third-order valence-corrected chi connectivity index (χ3v) is 3.38. The fourth-order valence-corrected chi connectivity index (χ4v) is 2.08. The van der Waals surface area contributed by atoms with E-state index in [1.807, 2.05) is 6.07 Å². The zero-order valence-corrected chi connectivity index (χ0v) is 10.8. The van der Waals surface area contributed by atoms with Gasteiger partial charge in [-0.05, 0) is 25.7 Å². The maximum absolute atomic E-state index is 8.73. The fourth-order valence-electron chi connectivity index (χ4n) is 2.08. The average molecular weight is 246 g/mol. The summed E-state index contributed by atoms with van der Waals surface area (Å²) in [6.45, 7) is 3.68. The molecule has 1 aliphatic carbocycles. The van der Waals surface area contributed by atoms with Crippen molar-refractivity contribution in [2.24, 2.45) is 5.92 Å². The Morgan fingerprint density at radius 3 is 2.78 bits per heavy atom. The van der Waals surface area contributed by atoms with Gasteiger partial charge in [-0.2, -0.15) is 5.26 Å². The maximum Gasteiger partial charge on any atom is 0.158 e. The molecule has 18 heavy (non-hydrogen) atoms. The first-order valence-corrected chi connectivity index (χ1v) is 6.24. The van der Waals surface area contributed by atoms with Crippen LogP contribution < -0.4 is 4.90 Å². The quantitative estimate of drug-likeness (QED) is 0.763. The Balaban J connectivity index is 2.12. The fraction of sp³-hybridized carbons (Fsp3) is 0.615. The van der Waals surface area contributed by atoms with Crippen molar-refractivity contribution in [1.29, 1.82) is 5.26 Å². The number of methoxy groups -OCH3 is 1. The first kappa shape index (κ1) is 12.8. The molecule has 1 aromatic rings. The monoisotopic (exact) mass is 246 g/mol. The second kappa shape index (κ2) is 5.78. The van der Waals surface area contributed by atoms with E-state index in [2.05, 4.69) is 21.8 Å². The number of ether oxygens (including phenoxy) is 1. The molecule has 1 atom stereocenters. The highest BCUT2D eigenvalue weighted by Crippen LogP contribution is 2.36. The Labute approximate surface area is 107 Å². The maximum atomic E-state index is 8.73. The molecule has 0 bridgehead atoms. The molecule has 1 heterocycles. The van der Waals surface area contributed by atoms with Crippen LogP contribution in [0.2, 0.25) is 0 Å². The van der Waals surface area contributed by atoms with Crippen molar-refractivity contribution in [3.8, 4) is 6.07 Å². The van der Waals surface area contributed by atoms with Gasteiger partial charge in [0.05, 0.1) is 19.0 Å².